The summed E-state index contributed by atoms with van der Waals surface area (Å²) in [5, 5.41) is 9.71. The minimum atomic E-state index is 0.589. The third-order valence-corrected chi connectivity index (χ3v) is 9.27. The van der Waals surface area contributed by atoms with Crippen LogP contribution in [0, 0.1) is 0 Å². The molecule has 8 aromatic rings. The lowest BCUT2D eigenvalue weighted by Crippen LogP contribution is -2.32. The second-order valence-electron chi connectivity index (χ2n) is 10.4. The lowest BCUT2D eigenvalue weighted by Gasteiger charge is -2.19. The molecule has 6 aromatic carbocycles. The number of nitrogens with zero attached hydrogens (tertiary/aromatic N) is 2. The van der Waals surface area contributed by atoms with Gasteiger partial charge in [-0.05, 0) is 22.8 Å². The molecule has 0 saturated carbocycles. The molecule has 3 nitrogen and oxygen atoms in total. The number of aromatic nitrogens is 1. The van der Waals surface area contributed by atoms with Crippen molar-refractivity contribution in [1.82, 2.24) is 9.58 Å². The van der Waals surface area contributed by atoms with Gasteiger partial charge < -0.3 is 4.57 Å². The number of fused-ring (bicyclic) bond motifs is 10. The van der Waals surface area contributed by atoms with E-state index in [-0.39, 0.29) is 0 Å². The van der Waals surface area contributed by atoms with E-state index in [4.69, 9.17) is 5.84 Å². The van der Waals surface area contributed by atoms with Crippen molar-refractivity contribution >= 4 is 64.1 Å². The van der Waals surface area contributed by atoms with Crippen molar-refractivity contribution in [2.24, 2.45) is 5.84 Å². The summed E-state index contributed by atoms with van der Waals surface area (Å²) >= 11 is 1.92. The smallest absolute Gasteiger partial charge is 0.0890 e. The first-order valence-corrected chi connectivity index (χ1v) is 14.5. The fraction of sp³-hybridized carbons (Fsp3) is 0.0556. The molecular weight excluding hydrogens is 506 g/mol. The van der Waals surface area contributed by atoms with Gasteiger partial charge in [-0.15, -0.1) is 11.3 Å². The van der Waals surface area contributed by atoms with Crippen LogP contribution in [0.3, 0.4) is 0 Å². The van der Waals surface area contributed by atoms with Crippen molar-refractivity contribution in [1.29, 1.82) is 0 Å². The van der Waals surface area contributed by atoms with Gasteiger partial charge in [0.05, 0.1) is 17.7 Å². The molecule has 192 valence electrons. The van der Waals surface area contributed by atoms with E-state index in [0.717, 1.165) is 0 Å². The zero-order valence-corrected chi connectivity index (χ0v) is 22.7. The number of hydrogen-bond acceptors (Lipinski definition) is 3. The molecule has 0 radical (unpaired) electrons. The molecule has 40 heavy (non-hydrogen) atoms. The Morgan fingerprint density at radius 3 is 2.02 bits per heavy atom. The Bertz CT molecular complexity index is 2180. The number of benzene rings is 6. The summed E-state index contributed by atoms with van der Waals surface area (Å²) in [4.78, 5) is 0. The molecule has 0 fully saturated rings. The van der Waals surface area contributed by atoms with Gasteiger partial charge in [0.15, 0.2) is 0 Å². The van der Waals surface area contributed by atoms with Crippen molar-refractivity contribution in [3.8, 4) is 11.1 Å². The Morgan fingerprint density at radius 2 is 1.23 bits per heavy atom. The van der Waals surface area contributed by atoms with Crippen LogP contribution in [0.25, 0.3) is 63.9 Å². The topological polar surface area (TPSA) is 34.2 Å². The molecule has 0 aliphatic rings. The number of hydrazine groups is 1. The van der Waals surface area contributed by atoms with E-state index in [0.29, 0.717) is 13.2 Å². The van der Waals surface area contributed by atoms with Gasteiger partial charge in [-0.25, -0.2) is 5.01 Å². The number of hydrogen-bond donors (Lipinski definition) is 1. The molecule has 0 aliphatic carbocycles. The largest absolute Gasteiger partial charge is 0.325 e. The molecule has 0 spiro atoms. The Labute approximate surface area is 236 Å². The van der Waals surface area contributed by atoms with Crippen LogP contribution >= 0.6 is 11.3 Å². The standard InChI is InChI=1S/C36H27N3S/c37-38(22-24-12-3-1-4-13-24)23-39-31-21-10-9-18-29(31)32-33-30-20-11-19-26(25-14-5-2-6-15-25)35(30)40-36(33)28-17-8-7-16-27(28)34(32)39/h1-21H,22-23,37H2. The maximum Gasteiger partial charge on any atom is 0.0890 e. The van der Waals surface area contributed by atoms with Crippen molar-refractivity contribution < 1.29 is 0 Å². The fourth-order valence-corrected chi connectivity index (χ4v) is 7.70. The lowest BCUT2D eigenvalue weighted by atomic mass is 9.98. The van der Waals surface area contributed by atoms with Crippen LogP contribution in [0.5, 0.6) is 0 Å². The van der Waals surface area contributed by atoms with Gasteiger partial charge in [0.25, 0.3) is 0 Å². The first kappa shape index (κ1) is 23.4. The van der Waals surface area contributed by atoms with E-state index in [9.17, 15) is 0 Å². The van der Waals surface area contributed by atoms with E-state index in [2.05, 4.69) is 126 Å². The Hall–Kier alpha value is -4.48. The van der Waals surface area contributed by atoms with Gasteiger partial charge in [0.1, 0.15) is 0 Å². The molecule has 0 aliphatic heterocycles. The summed E-state index contributed by atoms with van der Waals surface area (Å²) in [6, 6.07) is 45.6. The Balaban J connectivity index is 1.47. The summed E-state index contributed by atoms with van der Waals surface area (Å²) in [5.74, 6) is 6.71. The van der Waals surface area contributed by atoms with E-state index in [1.54, 1.807) is 0 Å². The number of nitrogens with two attached hydrogens (primary N) is 1. The van der Waals surface area contributed by atoms with E-state index in [1.807, 2.05) is 22.4 Å². The number of rotatable bonds is 5. The first-order valence-electron chi connectivity index (χ1n) is 13.6. The summed E-state index contributed by atoms with van der Waals surface area (Å²) in [6.45, 7) is 1.27. The molecule has 2 heterocycles. The maximum atomic E-state index is 6.71. The highest BCUT2D eigenvalue weighted by Gasteiger charge is 2.22. The van der Waals surface area contributed by atoms with Crippen LogP contribution in [0.4, 0.5) is 0 Å². The van der Waals surface area contributed by atoms with Crippen molar-refractivity contribution in [3.05, 3.63) is 133 Å². The van der Waals surface area contributed by atoms with Crippen LogP contribution < -0.4 is 5.84 Å². The van der Waals surface area contributed by atoms with Gasteiger partial charge in [-0.3, -0.25) is 5.84 Å². The van der Waals surface area contributed by atoms with Gasteiger partial charge in [-0.2, -0.15) is 0 Å². The zero-order valence-electron chi connectivity index (χ0n) is 21.9. The Kier molecular flexibility index (Phi) is 5.45. The summed E-state index contributed by atoms with van der Waals surface area (Å²) < 4.78 is 5.10. The second-order valence-corrected chi connectivity index (χ2v) is 11.5. The van der Waals surface area contributed by atoms with E-state index < -0.39 is 0 Å². The molecular formula is C36H27N3S. The number of para-hydroxylation sites is 1. The summed E-state index contributed by atoms with van der Waals surface area (Å²) in [5.41, 5.74) is 6.20. The van der Waals surface area contributed by atoms with Gasteiger partial charge in [0.2, 0.25) is 0 Å². The molecule has 2 aromatic heterocycles. The average Bonchev–Trinajstić information content (AvgIpc) is 3.55. The molecule has 2 N–H and O–H groups in total. The lowest BCUT2D eigenvalue weighted by molar-refractivity contribution is 0.222. The average molecular weight is 534 g/mol. The SMILES string of the molecule is NN(Cc1ccccc1)Cn1c2ccccc2c2c3c4cccc(-c5ccccc5)c4sc3c3ccccc3c21. The quantitative estimate of drug-likeness (QED) is 0.177. The monoisotopic (exact) mass is 533 g/mol. The third-order valence-electron chi connectivity index (χ3n) is 8.00. The van der Waals surface area contributed by atoms with Crippen molar-refractivity contribution in [2.45, 2.75) is 13.2 Å². The van der Waals surface area contributed by atoms with Crippen molar-refractivity contribution in [2.75, 3.05) is 0 Å². The van der Waals surface area contributed by atoms with Gasteiger partial charge >= 0.3 is 0 Å². The zero-order chi connectivity index (χ0) is 26.6. The molecule has 4 heteroatoms. The van der Waals surface area contributed by atoms with Crippen LogP contribution in [0.2, 0.25) is 0 Å². The molecule has 0 atom stereocenters. The molecule has 8 rings (SSSR count). The summed E-state index contributed by atoms with van der Waals surface area (Å²) in [6.07, 6.45) is 0. The minimum Gasteiger partial charge on any atom is -0.325 e. The predicted octanol–water partition coefficient (Wildman–Crippen LogP) is 9.32. The molecule has 0 saturated heterocycles. The highest BCUT2D eigenvalue weighted by molar-refractivity contribution is 7.27. The van der Waals surface area contributed by atoms with Gasteiger partial charge in [0, 0.05) is 48.3 Å². The minimum absolute atomic E-state index is 0.589. The first-order chi connectivity index (χ1) is 19.8. The van der Waals surface area contributed by atoms with Crippen LogP contribution in [0.1, 0.15) is 5.56 Å². The maximum absolute atomic E-state index is 6.71. The van der Waals surface area contributed by atoms with Crippen molar-refractivity contribution in [3.63, 3.8) is 0 Å². The molecule has 0 unspecified atom stereocenters. The van der Waals surface area contributed by atoms with Crippen LogP contribution in [-0.2, 0) is 13.2 Å². The Morgan fingerprint density at radius 1 is 0.575 bits per heavy atom. The summed E-state index contributed by atoms with van der Waals surface area (Å²) in [7, 11) is 0. The number of thiophene rings is 1. The van der Waals surface area contributed by atoms with E-state index >= 15 is 0 Å². The highest BCUT2D eigenvalue weighted by atomic mass is 32.1. The molecule has 0 amide bonds. The third kappa shape index (κ3) is 3.58. The van der Waals surface area contributed by atoms with E-state index in [1.165, 1.54) is 69.4 Å². The molecule has 0 bridgehead atoms. The van der Waals surface area contributed by atoms with Crippen LogP contribution in [0.15, 0.2) is 127 Å². The van der Waals surface area contributed by atoms with Gasteiger partial charge in [-0.1, -0.05) is 121 Å². The predicted molar refractivity (Wildman–Crippen MR) is 171 cm³/mol. The highest BCUT2D eigenvalue weighted by Crippen LogP contribution is 2.49. The second kappa shape index (κ2) is 9.32. The van der Waals surface area contributed by atoms with Crippen LogP contribution in [-0.4, -0.2) is 9.58 Å². The fourth-order valence-electron chi connectivity index (χ4n) is 6.32. The normalized spacial score (nSPS) is 12.1.